The van der Waals surface area contributed by atoms with E-state index in [-0.39, 0.29) is 0 Å². The van der Waals surface area contributed by atoms with Crippen molar-refractivity contribution in [2.75, 3.05) is 19.5 Å². The summed E-state index contributed by atoms with van der Waals surface area (Å²) in [6.07, 6.45) is 0. The van der Waals surface area contributed by atoms with E-state index in [4.69, 9.17) is 9.47 Å². The molecule has 1 N–H and O–H groups in total. The Kier molecular flexibility index (Phi) is 4.51. The third kappa shape index (κ3) is 3.23. The van der Waals surface area contributed by atoms with E-state index in [9.17, 15) is 0 Å². The molecular formula is C17H21NO2. The summed E-state index contributed by atoms with van der Waals surface area (Å²) in [5, 5.41) is 3.45. The van der Waals surface area contributed by atoms with Crippen LogP contribution in [0.1, 0.15) is 16.7 Å². The zero-order chi connectivity index (χ0) is 14.5. The molecule has 3 heteroatoms. The van der Waals surface area contributed by atoms with Gasteiger partial charge in [0, 0.05) is 23.9 Å². The van der Waals surface area contributed by atoms with Gasteiger partial charge < -0.3 is 14.8 Å². The summed E-state index contributed by atoms with van der Waals surface area (Å²) in [6, 6.07) is 12.3. The van der Waals surface area contributed by atoms with E-state index in [1.54, 1.807) is 14.2 Å². The van der Waals surface area contributed by atoms with E-state index in [2.05, 4.69) is 37.4 Å². The second-order valence-electron chi connectivity index (χ2n) is 4.85. The summed E-state index contributed by atoms with van der Waals surface area (Å²) >= 11 is 0. The number of benzene rings is 2. The Hall–Kier alpha value is -2.16. The van der Waals surface area contributed by atoms with Crippen LogP contribution in [0.4, 0.5) is 5.69 Å². The van der Waals surface area contributed by atoms with E-state index >= 15 is 0 Å². The van der Waals surface area contributed by atoms with E-state index < -0.39 is 0 Å². The molecular weight excluding hydrogens is 250 g/mol. The minimum atomic E-state index is 0.719. The molecule has 0 bridgehead atoms. The van der Waals surface area contributed by atoms with E-state index in [1.807, 2.05) is 18.2 Å². The Morgan fingerprint density at radius 3 is 2.40 bits per heavy atom. The maximum atomic E-state index is 5.41. The van der Waals surface area contributed by atoms with Crippen molar-refractivity contribution < 1.29 is 9.47 Å². The van der Waals surface area contributed by atoms with Crippen molar-refractivity contribution in [1.29, 1.82) is 0 Å². The highest BCUT2D eigenvalue weighted by atomic mass is 16.5. The largest absolute Gasteiger partial charge is 0.497 e. The molecule has 2 aromatic rings. The quantitative estimate of drug-likeness (QED) is 0.893. The predicted molar refractivity (Wildman–Crippen MR) is 82.8 cm³/mol. The highest BCUT2D eigenvalue weighted by Gasteiger charge is 2.05. The first-order chi connectivity index (χ1) is 9.63. The van der Waals surface area contributed by atoms with Gasteiger partial charge in [0.25, 0.3) is 0 Å². The lowest BCUT2D eigenvalue weighted by Crippen LogP contribution is -2.03. The van der Waals surface area contributed by atoms with Crippen LogP contribution in [0.2, 0.25) is 0 Å². The summed E-state index contributed by atoms with van der Waals surface area (Å²) < 4.78 is 10.6. The Labute approximate surface area is 120 Å². The molecule has 0 aromatic heterocycles. The average molecular weight is 271 g/mol. The van der Waals surface area contributed by atoms with Crippen molar-refractivity contribution in [3.05, 3.63) is 53.1 Å². The van der Waals surface area contributed by atoms with Crippen LogP contribution < -0.4 is 14.8 Å². The number of anilines is 1. The number of aryl methyl sites for hydroxylation is 2. The van der Waals surface area contributed by atoms with Crippen LogP contribution in [-0.2, 0) is 6.54 Å². The van der Waals surface area contributed by atoms with Gasteiger partial charge in [0.2, 0.25) is 0 Å². The fraction of sp³-hybridized carbons (Fsp3) is 0.294. The van der Waals surface area contributed by atoms with Gasteiger partial charge in [0.15, 0.2) is 0 Å². The minimum absolute atomic E-state index is 0.719. The molecule has 106 valence electrons. The summed E-state index contributed by atoms with van der Waals surface area (Å²) in [7, 11) is 3.33. The van der Waals surface area contributed by atoms with Gasteiger partial charge >= 0.3 is 0 Å². The molecule has 0 amide bonds. The zero-order valence-corrected chi connectivity index (χ0v) is 12.5. The number of ether oxygens (including phenoxy) is 2. The highest BCUT2D eigenvalue weighted by molar-refractivity contribution is 5.53. The summed E-state index contributed by atoms with van der Waals surface area (Å²) in [5.74, 6) is 1.64. The first-order valence-corrected chi connectivity index (χ1v) is 6.66. The summed E-state index contributed by atoms with van der Waals surface area (Å²) in [4.78, 5) is 0. The third-order valence-electron chi connectivity index (χ3n) is 3.35. The smallest absolute Gasteiger partial charge is 0.127 e. The van der Waals surface area contributed by atoms with Crippen LogP contribution in [0.15, 0.2) is 36.4 Å². The normalized spacial score (nSPS) is 10.2. The van der Waals surface area contributed by atoms with Gasteiger partial charge in [0.05, 0.1) is 14.2 Å². The fourth-order valence-electron chi connectivity index (χ4n) is 2.20. The number of hydrogen-bond acceptors (Lipinski definition) is 3. The first-order valence-electron chi connectivity index (χ1n) is 6.66. The van der Waals surface area contributed by atoms with Crippen LogP contribution in [0, 0.1) is 13.8 Å². The van der Waals surface area contributed by atoms with E-state index in [0.29, 0.717) is 0 Å². The molecule has 3 nitrogen and oxygen atoms in total. The lowest BCUT2D eigenvalue weighted by molar-refractivity contribution is 0.391. The average Bonchev–Trinajstić information content (AvgIpc) is 2.46. The van der Waals surface area contributed by atoms with Crippen LogP contribution >= 0.6 is 0 Å². The Balaban J connectivity index is 2.14. The van der Waals surface area contributed by atoms with E-state index in [0.717, 1.165) is 29.3 Å². The molecule has 0 aliphatic heterocycles. The van der Waals surface area contributed by atoms with Gasteiger partial charge in [-0.25, -0.2) is 0 Å². The summed E-state index contributed by atoms with van der Waals surface area (Å²) in [6.45, 7) is 4.93. The fourth-order valence-corrected chi connectivity index (χ4v) is 2.20. The standard InChI is InChI=1S/C17H21NO2/c1-12-5-8-16(13(2)9-12)18-11-14-6-7-15(19-3)10-17(14)20-4/h5-10,18H,11H2,1-4H3. The number of methoxy groups -OCH3 is 2. The van der Waals surface area contributed by atoms with Crippen LogP contribution in [0.5, 0.6) is 11.5 Å². The number of nitrogens with one attached hydrogen (secondary N) is 1. The van der Waals surface area contributed by atoms with Crippen molar-refractivity contribution in [2.24, 2.45) is 0 Å². The molecule has 0 atom stereocenters. The Morgan fingerprint density at radius 1 is 0.950 bits per heavy atom. The molecule has 20 heavy (non-hydrogen) atoms. The Morgan fingerprint density at radius 2 is 1.75 bits per heavy atom. The number of hydrogen-bond donors (Lipinski definition) is 1. The second-order valence-corrected chi connectivity index (χ2v) is 4.85. The maximum absolute atomic E-state index is 5.41. The first kappa shape index (κ1) is 14.3. The second kappa shape index (κ2) is 6.33. The van der Waals surface area contributed by atoms with Gasteiger partial charge in [0.1, 0.15) is 11.5 Å². The van der Waals surface area contributed by atoms with Gasteiger partial charge in [-0.1, -0.05) is 17.7 Å². The predicted octanol–water partition coefficient (Wildman–Crippen LogP) is 3.93. The maximum Gasteiger partial charge on any atom is 0.127 e. The van der Waals surface area contributed by atoms with Crippen molar-refractivity contribution in [3.63, 3.8) is 0 Å². The molecule has 0 unspecified atom stereocenters. The van der Waals surface area contributed by atoms with Crippen LogP contribution in [0.25, 0.3) is 0 Å². The molecule has 0 fully saturated rings. The SMILES string of the molecule is COc1ccc(CNc2ccc(C)cc2C)c(OC)c1. The highest BCUT2D eigenvalue weighted by Crippen LogP contribution is 2.26. The van der Waals surface area contributed by atoms with Gasteiger partial charge in [-0.3, -0.25) is 0 Å². The van der Waals surface area contributed by atoms with E-state index in [1.165, 1.54) is 11.1 Å². The lowest BCUT2D eigenvalue weighted by atomic mass is 10.1. The molecule has 0 saturated heterocycles. The molecule has 0 radical (unpaired) electrons. The zero-order valence-electron chi connectivity index (χ0n) is 12.5. The topological polar surface area (TPSA) is 30.5 Å². The van der Waals surface area contributed by atoms with Crippen molar-refractivity contribution >= 4 is 5.69 Å². The van der Waals surface area contributed by atoms with Crippen LogP contribution in [0.3, 0.4) is 0 Å². The van der Waals surface area contributed by atoms with Gasteiger partial charge in [-0.15, -0.1) is 0 Å². The van der Waals surface area contributed by atoms with Gasteiger partial charge in [-0.05, 0) is 37.6 Å². The molecule has 2 rings (SSSR count). The molecule has 0 aliphatic carbocycles. The Bertz CT molecular complexity index is 594. The lowest BCUT2D eigenvalue weighted by Gasteiger charge is -2.13. The third-order valence-corrected chi connectivity index (χ3v) is 3.35. The van der Waals surface area contributed by atoms with Crippen molar-refractivity contribution in [3.8, 4) is 11.5 Å². The summed E-state index contributed by atoms with van der Waals surface area (Å²) in [5.41, 5.74) is 4.77. The molecule has 2 aromatic carbocycles. The van der Waals surface area contributed by atoms with Crippen LogP contribution in [-0.4, -0.2) is 14.2 Å². The number of rotatable bonds is 5. The molecule has 0 heterocycles. The minimum Gasteiger partial charge on any atom is -0.497 e. The van der Waals surface area contributed by atoms with Crippen molar-refractivity contribution in [2.45, 2.75) is 20.4 Å². The van der Waals surface area contributed by atoms with Crippen molar-refractivity contribution in [1.82, 2.24) is 0 Å². The molecule has 0 spiro atoms. The van der Waals surface area contributed by atoms with Gasteiger partial charge in [-0.2, -0.15) is 0 Å². The molecule has 0 aliphatic rings. The monoisotopic (exact) mass is 271 g/mol. The molecule has 0 saturated carbocycles.